The molecule has 0 heterocycles. The Kier molecular flexibility index (Phi) is 3.40. The third-order valence-electron chi connectivity index (χ3n) is 4.16. The summed E-state index contributed by atoms with van der Waals surface area (Å²) in [6.45, 7) is 0. The van der Waals surface area contributed by atoms with E-state index in [4.69, 9.17) is 5.73 Å². The van der Waals surface area contributed by atoms with E-state index in [0.29, 0.717) is 19.3 Å². The van der Waals surface area contributed by atoms with Gasteiger partial charge in [-0.05, 0) is 31.1 Å². The molecule has 0 aliphatic heterocycles. The van der Waals surface area contributed by atoms with E-state index in [1.54, 1.807) is 0 Å². The van der Waals surface area contributed by atoms with Gasteiger partial charge in [-0.1, -0.05) is 0 Å². The van der Waals surface area contributed by atoms with Gasteiger partial charge < -0.3 is 5.73 Å². The van der Waals surface area contributed by atoms with Crippen molar-refractivity contribution in [1.82, 2.24) is 0 Å². The molecular weight excluding hydrogens is 234 g/mol. The molecular formula is C12H19F4N. The summed E-state index contributed by atoms with van der Waals surface area (Å²) in [4.78, 5) is 0. The topological polar surface area (TPSA) is 26.0 Å². The van der Waals surface area contributed by atoms with Crippen molar-refractivity contribution < 1.29 is 17.6 Å². The van der Waals surface area contributed by atoms with Crippen molar-refractivity contribution in [2.75, 3.05) is 0 Å². The maximum atomic E-state index is 13.0. The third kappa shape index (κ3) is 3.33. The molecule has 1 nitrogen and oxygen atoms in total. The van der Waals surface area contributed by atoms with Gasteiger partial charge in [0.15, 0.2) is 0 Å². The Bertz CT molecular complexity index is 280. The fraction of sp³-hybridized carbons (Fsp3) is 1.00. The van der Waals surface area contributed by atoms with Crippen LogP contribution in [0.15, 0.2) is 0 Å². The average molecular weight is 253 g/mol. The van der Waals surface area contributed by atoms with Crippen LogP contribution in [-0.4, -0.2) is 17.9 Å². The number of rotatable bonds is 3. The van der Waals surface area contributed by atoms with Gasteiger partial charge in [0.2, 0.25) is 11.8 Å². The molecule has 17 heavy (non-hydrogen) atoms. The van der Waals surface area contributed by atoms with Crippen LogP contribution in [0.2, 0.25) is 0 Å². The van der Waals surface area contributed by atoms with Gasteiger partial charge in [-0.3, -0.25) is 0 Å². The molecule has 0 bridgehead atoms. The average Bonchev–Trinajstić information content (AvgIpc) is 2.69. The van der Waals surface area contributed by atoms with Crippen molar-refractivity contribution in [2.45, 2.75) is 62.8 Å². The summed E-state index contributed by atoms with van der Waals surface area (Å²) >= 11 is 0. The lowest BCUT2D eigenvalue weighted by atomic mass is 9.89. The molecule has 5 heteroatoms. The van der Waals surface area contributed by atoms with Crippen LogP contribution >= 0.6 is 0 Å². The van der Waals surface area contributed by atoms with E-state index in [0.717, 1.165) is 0 Å². The normalized spacial score (nSPS) is 37.2. The van der Waals surface area contributed by atoms with Gasteiger partial charge in [0, 0.05) is 31.7 Å². The molecule has 2 aliphatic rings. The fourth-order valence-corrected chi connectivity index (χ4v) is 3.17. The van der Waals surface area contributed by atoms with Crippen LogP contribution in [0.5, 0.6) is 0 Å². The standard InChI is InChI=1S/C12H19F4N/c13-11(14)3-1-8(6-11)5-10(17)9-2-4-12(15,16)7-9/h8-10H,1-7,17H2. The summed E-state index contributed by atoms with van der Waals surface area (Å²) in [5.41, 5.74) is 5.89. The second-order valence-corrected chi connectivity index (χ2v) is 5.72. The van der Waals surface area contributed by atoms with E-state index in [1.807, 2.05) is 0 Å². The monoisotopic (exact) mass is 253 g/mol. The minimum absolute atomic E-state index is 0.0782. The zero-order chi connectivity index (χ0) is 12.7. The van der Waals surface area contributed by atoms with E-state index < -0.39 is 11.8 Å². The molecule has 0 radical (unpaired) electrons. The first kappa shape index (κ1) is 13.1. The number of alkyl halides is 4. The van der Waals surface area contributed by atoms with Crippen molar-refractivity contribution in [3.8, 4) is 0 Å². The zero-order valence-electron chi connectivity index (χ0n) is 9.77. The molecule has 100 valence electrons. The van der Waals surface area contributed by atoms with Crippen molar-refractivity contribution in [3.05, 3.63) is 0 Å². The Morgan fingerprint density at radius 1 is 1.00 bits per heavy atom. The molecule has 2 fully saturated rings. The molecule has 3 atom stereocenters. The summed E-state index contributed by atoms with van der Waals surface area (Å²) in [6.07, 6.45) is 0.899. The van der Waals surface area contributed by atoms with Gasteiger partial charge in [-0.15, -0.1) is 0 Å². The highest BCUT2D eigenvalue weighted by atomic mass is 19.3. The fourth-order valence-electron chi connectivity index (χ4n) is 3.17. The van der Waals surface area contributed by atoms with E-state index in [2.05, 4.69) is 0 Å². The molecule has 0 aromatic heterocycles. The summed E-state index contributed by atoms with van der Waals surface area (Å²) in [5.74, 6) is -5.44. The maximum absolute atomic E-state index is 13.0. The molecule has 0 amide bonds. The Hall–Kier alpha value is -0.320. The van der Waals surface area contributed by atoms with Crippen molar-refractivity contribution in [2.24, 2.45) is 17.6 Å². The van der Waals surface area contributed by atoms with Crippen LogP contribution in [0.4, 0.5) is 17.6 Å². The van der Waals surface area contributed by atoms with Crippen LogP contribution in [-0.2, 0) is 0 Å². The number of nitrogens with two attached hydrogens (primary N) is 1. The number of hydrogen-bond acceptors (Lipinski definition) is 1. The lowest BCUT2D eigenvalue weighted by Crippen LogP contribution is -2.31. The minimum Gasteiger partial charge on any atom is -0.327 e. The summed E-state index contributed by atoms with van der Waals surface area (Å²) in [7, 11) is 0. The van der Waals surface area contributed by atoms with Gasteiger partial charge in [0.1, 0.15) is 0 Å². The SMILES string of the molecule is NC(CC1CCC(F)(F)C1)C1CCC(F)(F)C1. The van der Waals surface area contributed by atoms with Gasteiger partial charge >= 0.3 is 0 Å². The molecule has 2 saturated carbocycles. The molecule has 2 rings (SSSR count). The van der Waals surface area contributed by atoms with Crippen molar-refractivity contribution >= 4 is 0 Å². The Balaban J connectivity index is 1.80. The Morgan fingerprint density at radius 3 is 2.06 bits per heavy atom. The Labute approximate surface area is 98.7 Å². The van der Waals surface area contributed by atoms with Crippen LogP contribution in [0, 0.1) is 11.8 Å². The second-order valence-electron chi connectivity index (χ2n) is 5.72. The first-order chi connectivity index (χ1) is 7.77. The molecule has 0 saturated heterocycles. The van der Waals surface area contributed by atoms with Crippen LogP contribution in [0.1, 0.15) is 44.9 Å². The van der Waals surface area contributed by atoms with Gasteiger partial charge in [0.25, 0.3) is 0 Å². The predicted octanol–water partition coefficient (Wildman–Crippen LogP) is 3.57. The van der Waals surface area contributed by atoms with Crippen LogP contribution < -0.4 is 5.73 Å². The van der Waals surface area contributed by atoms with Gasteiger partial charge in [-0.2, -0.15) is 0 Å². The van der Waals surface area contributed by atoms with Crippen molar-refractivity contribution in [1.29, 1.82) is 0 Å². The number of hydrogen-bond donors (Lipinski definition) is 1. The predicted molar refractivity (Wildman–Crippen MR) is 57.2 cm³/mol. The quantitative estimate of drug-likeness (QED) is 0.764. The van der Waals surface area contributed by atoms with E-state index >= 15 is 0 Å². The summed E-state index contributed by atoms with van der Waals surface area (Å²) < 4.78 is 52.0. The molecule has 0 aromatic carbocycles. The summed E-state index contributed by atoms with van der Waals surface area (Å²) in [5, 5.41) is 0. The largest absolute Gasteiger partial charge is 0.327 e. The molecule has 2 N–H and O–H groups in total. The van der Waals surface area contributed by atoms with E-state index in [9.17, 15) is 17.6 Å². The van der Waals surface area contributed by atoms with Gasteiger partial charge in [-0.25, -0.2) is 17.6 Å². The maximum Gasteiger partial charge on any atom is 0.248 e. The molecule has 0 aromatic rings. The van der Waals surface area contributed by atoms with Crippen LogP contribution in [0.25, 0.3) is 0 Å². The first-order valence-corrected chi connectivity index (χ1v) is 6.29. The highest BCUT2D eigenvalue weighted by Gasteiger charge is 2.44. The first-order valence-electron chi connectivity index (χ1n) is 6.29. The molecule has 0 spiro atoms. The third-order valence-corrected chi connectivity index (χ3v) is 4.16. The molecule has 2 aliphatic carbocycles. The highest BCUT2D eigenvalue weighted by Crippen LogP contribution is 2.44. The molecule has 3 unspecified atom stereocenters. The van der Waals surface area contributed by atoms with Gasteiger partial charge in [0.05, 0.1) is 0 Å². The minimum atomic E-state index is -2.60. The van der Waals surface area contributed by atoms with E-state index in [-0.39, 0.29) is 43.6 Å². The lowest BCUT2D eigenvalue weighted by Gasteiger charge is -2.22. The summed E-state index contributed by atoms with van der Waals surface area (Å²) in [6, 6.07) is -0.345. The van der Waals surface area contributed by atoms with E-state index in [1.165, 1.54) is 0 Å². The van der Waals surface area contributed by atoms with Crippen molar-refractivity contribution in [3.63, 3.8) is 0 Å². The Morgan fingerprint density at radius 2 is 1.59 bits per heavy atom. The van der Waals surface area contributed by atoms with Crippen LogP contribution in [0.3, 0.4) is 0 Å². The lowest BCUT2D eigenvalue weighted by molar-refractivity contribution is 0.000432. The number of halogens is 4. The zero-order valence-corrected chi connectivity index (χ0v) is 9.77. The second kappa shape index (κ2) is 4.41. The smallest absolute Gasteiger partial charge is 0.248 e. The highest BCUT2D eigenvalue weighted by molar-refractivity contribution is 4.90.